The van der Waals surface area contributed by atoms with Crippen LogP contribution in [0.15, 0.2) is 18.7 Å². The highest BCUT2D eigenvalue weighted by atomic mass is 16.6. The monoisotopic (exact) mass is 368 g/mol. The van der Waals surface area contributed by atoms with E-state index in [1.807, 2.05) is 0 Å². The van der Waals surface area contributed by atoms with Crippen molar-refractivity contribution in [2.45, 2.75) is 92.2 Å². The normalized spacial score (nSPS) is 12.8. The number of rotatable bonds is 12. The maximum Gasteiger partial charge on any atom is 0.251 e. The number of carbonyl (C=O) groups is 1. The lowest BCUT2D eigenvalue weighted by Gasteiger charge is -2.12. The van der Waals surface area contributed by atoms with Crippen LogP contribution in [0.1, 0.15) is 79.1 Å². The van der Waals surface area contributed by atoms with Crippen molar-refractivity contribution in [2.75, 3.05) is 7.11 Å². The Morgan fingerprint density at radius 2 is 1.62 bits per heavy atom. The van der Waals surface area contributed by atoms with E-state index in [4.69, 9.17) is 9.90 Å². The van der Waals surface area contributed by atoms with E-state index >= 15 is 0 Å². The Hall–Kier alpha value is -1.52. The predicted octanol–water partition coefficient (Wildman–Crippen LogP) is 4.18. The highest BCUT2D eigenvalue weighted by molar-refractivity contribution is 5.53. The van der Waals surface area contributed by atoms with Crippen LogP contribution in [0.5, 0.6) is 0 Å². The average Bonchev–Trinajstić information content (AvgIpc) is 3.09. The second kappa shape index (κ2) is 15.7. The van der Waals surface area contributed by atoms with Crippen molar-refractivity contribution < 1.29 is 19.2 Å². The quantitative estimate of drug-likeness (QED) is 0.411. The number of ether oxygens (including phenoxy) is 1. The fourth-order valence-electron chi connectivity index (χ4n) is 3.09. The van der Waals surface area contributed by atoms with Crippen molar-refractivity contribution in [2.24, 2.45) is 11.8 Å². The second-order valence-electron chi connectivity index (χ2n) is 7.09. The molecule has 2 unspecified atom stereocenters. The molecule has 1 aromatic rings. The summed E-state index contributed by atoms with van der Waals surface area (Å²) in [5, 5.41) is 9.03. The third kappa shape index (κ3) is 11.9. The molecule has 0 bridgehead atoms. The molecule has 0 aliphatic heterocycles. The summed E-state index contributed by atoms with van der Waals surface area (Å²) < 4.78 is 8.35. The summed E-state index contributed by atoms with van der Waals surface area (Å²) in [4.78, 5) is 9.03. The van der Waals surface area contributed by atoms with Crippen molar-refractivity contribution in [1.82, 2.24) is 4.57 Å². The summed E-state index contributed by atoms with van der Waals surface area (Å²) in [5.41, 5.74) is 0. The van der Waals surface area contributed by atoms with Crippen LogP contribution in [0, 0.1) is 11.8 Å². The molecule has 0 N–H and O–H groups in total. The molecule has 0 radical (unpaired) electrons. The summed E-state index contributed by atoms with van der Waals surface area (Å²) in [6.07, 6.45) is 16.1. The van der Waals surface area contributed by atoms with Gasteiger partial charge in [0, 0.05) is 7.11 Å². The fraction of sp³-hybridized carbons (Fsp3) is 0.810. The minimum absolute atomic E-state index is 0.841. The van der Waals surface area contributed by atoms with E-state index < -0.39 is 6.16 Å². The molecule has 26 heavy (non-hydrogen) atoms. The van der Waals surface area contributed by atoms with Gasteiger partial charge in [-0.2, -0.15) is 0 Å². The third-order valence-corrected chi connectivity index (χ3v) is 4.94. The molecule has 152 valence electrons. The van der Waals surface area contributed by atoms with Gasteiger partial charge in [-0.05, 0) is 37.5 Å². The number of methoxy groups -OCH3 is 1. The molecular formula is C21H40N2O3. The highest BCUT2D eigenvalue weighted by Crippen LogP contribution is 2.15. The average molecular weight is 369 g/mol. The number of imidazole rings is 1. The highest BCUT2D eigenvalue weighted by Gasteiger charge is 2.14. The van der Waals surface area contributed by atoms with Crippen molar-refractivity contribution in [3.8, 4) is 0 Å². The van der Waals surface area contributed by atoms with Gasteiger partial charge in [0.2, 0.25) is 6.33 Å². The first-order chi connectivity index (χ1) is 12.5. The SMILES string of the molecule is CCCCC(CC)Cn1cc[n+](CC(CC)CCCC)c1.COC(=O)[O-]. The molecule has 0 aromatic carbocycles. The van der Waals surface area contributed by atoms with Gasteiger partial charge in [-0.1, -0.05) is 53.4 Å². The van der Waals surface area contributed by atoms with Crippen LogP contribution < -0.4 is 9.67 Å². The molecule has 0 aliphatic rings. The number of aromatic nitrogens is 2. The number of hydrogen-bond donors (Lipinski definition) is 0. The van der Waals surface area contributed by atoms with E-state index in [1.165, 1.54) is 64.5 Å². The van der Waals surface area contributed by atoms with Crippen LogP contribution in [-0.4, -0.2) is 17.8 Å². The van der Waals surface area contributed by atoms with Crippen molar-refractivity contribution in [3.63, 3.8) is 0 Å². The molecule has 0 saturated heterocycles. The van der Waals surface area contributed by atoms with Crippen LogP contribution in [0.4, 0.5) is 4.79 Å². The van der Waals surface area contributed by atoms with Crippen LogP contribution >= 0.6 is 0 Å². The molecule has 0 amide bonds. The van der Waals surface area contributed by atoms with E-state index in [0.29, 0.717) is 0 Å². The van der Waals surface area contributed by atoms with Crippen molar-refractivity contribution in [3.05, 3.63) is 18.7 Å². The van der Waals surface area contributed by atoms with Gasteiger partial charge in [0.15, 0.2) is 0 Å². The summed E-state index contributed by atoms with van der Waals surface area (Å²) in [6.45, 7) is 11.6. The Morgan fingerprint density at radius 1 is 1.08 bits per heavy atom. The minimum atomic E-state index is -1.50. The Morgan fingerprint density at radius 3 is 2.08 bits per heavy atom. The van der Waals surface area contributed by atoms with E-state index in [1.54, 1.807) is 0 Å². The van der Waals surface area contributed by atoms with Crippen LogP contribution in [-0.2, 0) is 17.8 Å². The molecule has 1 aromatic heterocycles. The van der Waals surface area contributed by atoms with Crippen molar-refractivity contribution >= 4 is 6.16 Å². The number of carboxylic acid groups (broad SMARTS) is 1. The molecule has 2 atom stereocenters. The van der Waals surface area contributed by atoms with Gasteiger partial charge in [0.05, 0.1) is 13.1 Å². The van der Waals surface area contributed by atoms with Crippen LogP contribution in [0.3, 0.4) is 0 Å². The van der Waals surface area contributed by atoms with E-state index in [9.17, 15) is 0 Å². The summed E-state index contributed by atoms with van der Waals surface area (Å²) in [6, 6.07) is 0. The number of unbranched alkanes of at least 4 members (excludes halogenated alkanes) is 2. The van der Waals surface area contributed by atoms with Crippen LogP contribution in [0.2, 0.25) is 0 Å². The van der Waals surface area contributed by atoms with E-state index in [2.05, 4.69) is 60.3 Å². The van der Waals surface area contributed by atoms with Crippen LogP contribution in [0.25, 0.3) is 0 Å². The van der Waals surface area contributed by atoms with Gasteiger partial charge in [0.25, 0.3) is 6.16 Å². The maximum absolute atomic E-state index is 9.03. The number of nitrogens with zero attached hydrogens (tertiary/aromatic N) is 2. The largest absolute Gasteiger partial charge is 0.553 e. The lowest BCUT2D eigenvalue weighted by atomic mass is 9.99. The lowest BCUT2D eigenvalue weighted by Crippen LogP contribution is -2.35. The maximum atomic E-state index is 9.03. The third-order valence-electron chi connectivity index (χ3n) is 4.94. The van der Waals surface area contributed by atoms with Gasteiger partial charge < -0.3 is 14.6 Å². The Bertz CT molecular complexity index is 427. The first-order valence-electron chi connectivity index (χ1n) is 10.3. The minimum Gasteiger partial charge on any atom is -0.553 e. The zero-order valence-corrected chi connectivity index (χ0v) is 17.6. The molecule has 0 fully saturated rings. The molecule has 1 heterocycles. The molecular weight excluding hydrogens is 328 g/mol. The van der Waals surface area contributed by atoms with Gasteiger partial charge in [0.1, 0.15) is 12.4 Å². The molecule has 0 spiro atoms. The molecule has 1 rings (SSSR count). The van der Waals surface area contributed by atoms with Gasteiger partial charge in [-0.25, -0.2) is 9.13 Å². The van der Waals surface area contributed by atoms with E-state index in [0.717, 1.165) is 18.9 Å². The zero-order valence-electron chi connectivity index (χ0n) is 17.6. The Kier molecular flexibility index (Phi) is 14.8. The summed E-state index contributed by atoms with van der Waals surface area (Å²) in [7, 11) is 1.04. The first-order valence-corrected chi connectivity index (χ1v) is 10.3. The molecule has 5 nitrogen and oxygen atoms in total. The first kappa shape index (κ1) is 24.5. The van der Waals surface area contributed by atoms with Gasteiger partial charge in [-0.3, -0.25) is 0 Å². The second-order valence-corrected chi connectivity index (χ2v) is 7.09. The molecule has 0 saturated carbocycles. The summed E-state index contributed by atoms with van der Waals surface area (Å²) in [5.74, 6) is 1.68. The van der Waals surface area contributed by atoms with Gasteiger partial charge in [-0.15, -0.1) is 0 Å². The lowest BCUT2D eigenvalue weighted by molar-refractivity contribution is -0.703. The standard InChI is InChI=1S/C19H37N2.C2H4O3/c1-5-9-11-18(7-3)15-20-13-14-21(17-20)16-19(8-4)12-10-6-2;1-5-2(3)4/h13-14,17-19H,5-12,15-16H2,1-4H3;1H3,(H,3,4)/q+1;/p-1. The van der Waals surface area contributed by atoms with E-state index in [-0.39, 0.29) is 0 Å². The Labute approximate surface area is 160 Å². The van der Waals surface area contributed by atoms with Gasteiger partial charge >= 0.3 is 0 Å². The summed E-state index contributed by atoms with van der Waals surface area (Å²) >= 11 is 0. The number of hydrogen-bond acceptors (Lipinski definition) is 3. The predicted molar refractivity (Wildman–Crippen MR) is 104 cm³/mol. The molecule has 0 aliphatic carbocycles. The smallest absolute Gasteiger partial charge is 0.251 e. The number of carbonyl (C=O) groups excluding carboxylic acids is 1. The zero-order chi connectivity index (χ0) is 19.8. The fourth-order valence-corrected chi connectivity index (χ4v) is 3.09. The topological polar surface area (TPSA) is 58.2 Å². The molecule has 5 heteroatoms. The Balaban J connectivity index is 0.00000110. The van der Waals surface area contributed by atoms with Crippen molar-refractivity contribution in [1.29, 1.82) is 0 Å².